The van der Waals surface area contributed by atoms with Gasteiger partial charge in [-0.15, -0.1) is 0 Å². The van der Waals surface area contributed by atoms with E-state index >= 15 is 0 Å². The highest BCUT2D eigenvalue weighted by Crippen LogP contribution is 2.41. The summed E-state index contributed by atoms with van der Waals surface area (Å²) in [5.41, 5.74) is 5.43. The first-order chi connectivity index (χ1) is 13.0. The standard InChI is InChI=1S/C26H25Br/c1-16(2)23-14-20(15-24(17(3)4)26(23)27)25-21-11-7-5-9-18(21)13-19-10-6-8-12-22(19)25/h5-17H,1-4H3. The Morgan fingerprint density at radius 1 is 0.630 bits per heavy atom. The summed E-state index contributed by atoms with van der Waals surface area (Å²) in [6.07, 6.45) is 0. The first-order valence-electron chi connectivity index (χ1n) is 9.71. The molecule has 0 fully saturated rings. The van der Waals surface area contributed by atoms with E-state index < -0.39 is 0 Å². The maximum absolute atomic E-state index is 3.89. The van der Waals surface area contributed by atoms with Crippen molar-refractivity contribution in [1.82, 2.24) is 0 Å². The van der Waals surface area contributed by atoms with Gasteiger partial charge in [-0.25, -0.2) is 0 Å². The Kier molecular flexibility index (Phi) is 4.82. The summed E-state index contributed by atoms with van der Waals surface area (Å²) in [6, 6.07) is 24.6. The van der Waals surface area contributed by atoms with Crippen molar-refractivity contribution in [2.75, 3.05) is 0 Å². The molecule has 136 valence electrons. The molecule has 4 aromatic carbocycles. The van der Waals surface area contributed by atoms with E-state index in [4.69, 9.17) is 0 Å². The molecular weight excluding hydrogens is 392 g/mol. The van der Waals surface area contributed by atoms with Crippen LogP contribution in [0.3, 0.4) is 0 Å². The highest BCUT2D eigenvalue weighted by atomic mass is 79.9. The molecule has 0 nitrogen and oxygen atoms in total. The van der Waals surface area contributed by atoms with E-state index in [1.54, 1.807) is 0 Å². The summed E-state index contributed by atoms with van der Waals surface area (Å²) in [4.78, 5) is 0. The largest absolute Gasteiger partial charge is 0.0616 e. The Bertz CT molecular complexity index is 1050. The Morgan fingerprint density at radius 3 is 1.52 bits per heavy atom. The van der Waals surface area contributed by atoms with Crippen LogP contribution in [0.25, 0.3) is 32.7 Å². The Hall–Kier alpha value is -2.12. The van der Waals surface area contributed by atoms with E-state index in [0.29, 0.717) is 11.8 Å². The number of halogens is 1. The van der Waals surface area contributed by atoms with Gasteiger partial charge in [-0.05, 0) is 73.8 Å². The average molecular weight is 417 g/mol. The average Bonchev–Trinajstić information content (AvgIpc) is 2.66. The van der Waals surface area contributed by atoms with Crippen LogP contribution in [0, 0.1) is 0 Å². The third kappa shape index (κ3) is 3.19. The van der Waals surface area contributed by atoms with Gasteiger partial charge in [0.1, 0.15) is 0 Å². The van der Waals surface area contributed by atoms with Crippen molar-refractivity contribution >= 4 is 37.5 Å². The van der Waals surface area contributed by atoms with Crippen molar-refractivity contribution in [2.45, 2.75) is 39.5 Å². The fourth-order valence-corrected chi connectivity index (χ4v) is 5.12. The first kappa shape index (κ1) is 18.3. The zero-order chi connectivity index (χ0) is 19.1. The Balaban J connectivity index is 2.15. The Morgan fingerprint density at radius 2 is 1.07 bits per heavy atom. The maximum atomic E-state index is 3.89. The summed E-state index contributed by atoms with van der Waals surface area (Å²) in [7, 11) is 0. The van der Waals surface area contributed by atoms with Crippen molar-refractivity contribution in [3.05, 3.63) is 82.3 Å². The Labute approximate surface area is 170 Å². The van der Waals surface area contributed by atoms with Crippen molar-refractivity contribution in [1.29, 1.82) is 0 Å². The van der Waals surface area contributed by atoms with Crippen LogP contribution < -0.4 is 0 Å². The van der Waals surface area contributed by atoms with Crippen LogP contribution >= 0.6 is 15.9 Å². The van der Waals surface area contributed by atoms with Crippen molar-refractivity contribution < 1.29 is 0 Å². The molecule has 0 amide bonds. The highest BCUT2D eigenvalue weighted by Gasteiger charge is 2.17. The minimum Gasteiger partial charge on any atom is -0.0616 e. The molecule has 0 saturated heterocycles. The predicted octanol–water partition coefficient (Wildman–Crippen LogP) is 8.67. The van der Waals surface area contributed by atoms with Crippen LogP contribution in [-0.2, 0) is 0 Å². The van der Waals surface area contributed by atoms with E-state index in [-0.39, 0.29) is 0 Å². The van der Waals surface area contributed by atoms with E-state index in [9.17, 15) is 0 Å². The van der Waals surface area contributed by atoms with Gasteiger partial charge >= 0.3 is 0 Å². The van der Waals surface area contributed by atoms with Gasteiger partial charge < -0.3 is 0 Å². The van der Waals surface area contributed by atoms with Crippen molar-refractivity contribution in [2.24, 2.45) is 0 Å². The van der Waals surface area contributed by atoms with Crippen molar-refractivity contribution in [3.63, 3.8) is 0 Å². The fraction of sp³-hybridized carbons (Fsp3) is 0.231. The molecule has 0 heterocycles. The molecule has 27 heavy (non-hydrogen) atoms. The summed E-state index contributed by atoms with van der Waals surface area (Å²) < 4.78 is 1.26. The summed E-state index contributed by atoms with van der Waals surface area (Å²) in [6.45, 7) is 9.09. The fourth-order valence-electron chi connectivity index (χ4n) is 3.98. The predicted molar refractivity (Wildman–Crippen MR) is 123 cm³/mol. The van der Waals surface area contributed by atoms with Gasteiger partial charge in [0.15, 0.2) is 0 Å². The lowest BCUT2D eigenvalue weighted by Crippen LogP contribution is -1.99. The number of rotatable bonds is 3. The molecule has 1 heteroatoms. The second kappa shape index (κ2) is 7.13. The molecular formula is C26H25Br. The molecule has 0 atom stereocenters. The van der Waals surface area contributed by atoms with E-state index in [2.05, 4.69) is 110 Å². The van der Waals surface area contributed by atoms with Gasteiger partial charge in [-0.3, -0.25) is 0 Å². The molecule has 0 N–H and O–H groups in total. The minimum atomic E-state index is 0.470. The lowest BCUT2D eigenvalue weighted by atomic mass is 9.87. The molecule has 0 aliphatic rings. The zero-order valence-corrected chi connectivity index (χ0v) is 18.0. The van der Waals surface area contributed by atoms with Crippen LogP contribution in [0.5, 0.6) is 0 Å². The van der Waals surface area contributed by atoms with E-state index in [1.165, 1.54) is 48.3 Å². The molecule has 0 radical (unpaired) electrons. The maximum Gasteiger partial charge on any atom is 0.0244 e. The first-order valence-corrected chi connectivity index (χ1v) is 10.5. The molecule has 0 aliphatic carbocycles. The normalized spacial score (nSPS) is 11.8. The number of benzene rings is 4. The molecule has 4 rings (SSSR count). The second-order valence-electron chi connectivity index (χ2n) is 7.97. The molecule has 0 saturated carbocycles. The van der Waals surface area contributed by atoms with E-state index in [1.807, 2.05) is 0 Å². The zero-order valence-electron chi connectivity index (χ0n) is 16.4. The third-order valence-corrected chi connectivity index (χ3v) is 6.35. The monoisotopic (exact) mass is 416 g/mol. The lowest BCUT2D eigenvalue weighted by molar-refractivity contribution is 0.824. The van der Waals surface area contributed by atoms with Crippen LogP contribution in [0.1, 0.15) is 50.7 Å². The number of hydrogen-bond donors (Lipinski definition) is 0. The smallest absolute Gasteiger partial charge is 0.0244 e. The number of fused-ring (bicyclic) bond motifs is 2. The topological polar surface area (TPSA) is 0 Å². The van der Waals surface area contributed by atoms with Crippen molar-refractivity contribution in [3.8, 4) is 11.1 Å². The second-order valence-corrected chi connectivity index (χ2v) is 8.76. The van der Waals surface area contributed by atoms with E-state index in [0.717, 1.165) is 0 Å². The van der Waals surface area contributed by atoms with Gasteiger partial charge in [0.2, 0.25) is 0 Å². The molecule has 0 bridgehead atoms. The third-order valence-electron chi connectivity index (χ3n) is 5.43. The van der Waals surface area contributed by atoms with Crippen LogP contribution in [-0.4, -0.2) is 0 Å². The number of hydrogen-bond acceptors (Lipinski definition) is 0. The highest BCUT2D eigenvalue weighted by molar-refractivity contribution is 9.10. The summed E-state index contributed by atoms with van der Waals surface area (Å²) >= 11 is 3.89. The quantitative estimate of drug-likeness (QED) is 0.293. The summed E-state index contributed by atoms with van der Waals surface area (Å²) in [5.74, 6) is 0.941. The molecule has 4 aromatic rings. The SMILES string of the molecule is CC(C)c1cc(-c2c3ccccc3cc3ccccc23)cc(C(C)C)c1Br. The molecule has 0 spiro atoms. The van der Waals surface area contributed by atoms with Gasteiger partial charge in [0.05, 0.1) is 0 Å². The van der Waals surface area contributed by atoms with Gasteiger partial charge in [0.25, 0.3) is 0 Å². The van der Waals surface area contributed by atoms with Gasteiger partial charge in [-0.1, -0.05) is 92.2 Å². The summed E-state index contributed by atoms with van der Waals surface area (Å²) in [5, 5.41) is 5.24. The molecule has 0 unspecified atom stereocenters. The molecule has 0 aliphatic heterocycles. The minimum absolute atomic E-state index is 0.470. The van der Waals surface area contributed by atoms with Crippen LogP contribution in [0.2, 0.25) is 0 Å². The van der Waals surface area contributed by atoms with Crippen LogP contribution in [0.4, 0.5) is 0 Å². The van der Waals surface area contributed by atoms with Gasteiger partial charge in [0, 0.05) is 4.47 Å². The van der Waals surface area contributed by atoms with Crippen LogP contribution in [0.15, 0.2) is 71.2 Å². The lowest BCUT2D eigenvalue weighted by Gasteiger charge is -2.20. The molecule has 0 aromatic heterocycles. The van der Waals surface area contributed by atoms with Gasteiger partial charge in [-0.2, -0.15) is 0 Å².